The number of hydrogen-bond donors (Lipinski definition) is 2. The Hall–Kier alpha value is -3.40. The van der Waals surface area contributed by atoms with Crippen LogP contribution in [0.15, 0.2) is 79.1 Å². The number of nitrogens with zero attached hydrogens (tertiary/aromatic N) is 1. The molecule has 0 bridgehead atoms. The first kappa shape index (κ1) is 15.1. The molecule has 1 amide bonds. The zero-order chi connectivity index (χ0) is 17.1. The average Bonchev–Trinajstić information content (AvgIpc) is 3.10. The van der Waals surface area contributed by atoms with Crippen LogP contribution in [-0.4, -0.2) is 15.9 Å². The fourth-order valence-corrected chi connectivity index (χ4v) is 2.93. The molecule has 4 rings (SSSR count). The van der Waals surface area contributed by atoms with Gasteiger partial charge in [-0.25, -0.2) is 4.98 Å². The second-order valence-electron chi connectivity index (χ2n) is 5.89. The minimum absolute atomic E-state index is 0.0396. The minimum atomic E-state index is -0.0396. The first-order valence-electron chi connectivity index (χ1n) is 8.16. The van der Waals surface area contributed by atoms with Crippen LogP contribution in [0.2, 0.25) is 0 Å². The van der Waals surface area contributed by atoms with Gasteiger partial charge in [-0.3, -0.25) is 4.79 Å². The van der Waals surface area contributed by atoms with Crippen molar-refractivity contribution in [3.05, 3.63) is 84.7 Å². The van der Waals surface area contributed by atoms with Crippen molar-refractivity contribution < 1.29 is 4.79 Å². The molecule has 1 aromatic heterocycles. The van der Waals surface area contributed by atoms with Gasteiger partial charge < -0.3 is 10.3 Å². The van der Waals surface area contributed by atoms with Crippen molar-refractivity contribution >= 4 is 22.6 Å². The molecule has 0 aliphatic rings. The number of carbonyl (C=O) groups excluding carboxylic acids is 1. The van der Waals surface area contributed by atoms with Crippen LogP contribution in [0.5, 0.6) is 0 Å². The highest BCUT2D eigenvalue weighted by Crippen LogP contribution is 2.27. The van der Waals surface area contributed by atoms with Crippen molar-refractivity contribution in [1.82, 2.24) is 9.97 Å². The van der Waals surface area contributed by atoms with Crippen LogP contribution in [0.25, 0.3) is 22.2 Å². The fraction of sp³-hybridized carbons (Fsp3) is 0.0476. The van der Waals surface area contributed by atoms with Gasteiger partial charge in [0.25, 0.3) is 0 Å². The molecule has 0 unspecified atom stereocenters. The number of nitrogens with one attached hydrogen (secondary N) is 2. The van der Waals surface area contributed by atoms with Gasteiger partial charge in [0, 0.05) is 11.3 Å². The lowest BCUT2D eigenvalue weighted by molar-refractivity contribution is -0.115. The van der Waals surface area contributed by atoms with E-state index in [2.05, 4.69) is 15.3 Å². The number of benzene rings is 3. The van der Waals surface area contributed by atoms with Gasteiger partial charge in [0.1, 0.15) is 0 Å². The van der Waals surface area contributed by atoms with E-state index in [4.69, 9.17) is 0 Å². The summed E-state index contributed by atoms with van der Waals surface area (Å²) in [7, 11) is 0. The van der Waals surface area contributed by atoms with Crippen LogP contribution in [0, 0.1) is 0 Å². The molecule has 0 saturated carbocycles. The highest BCUT2D eigenvalue weighted by atomic mass is 16.1. The first-order chi connectivity index (χ1) is 12.3. The van der Waals surface area contributed by atoms with Crippen LogP contribution < -0.4 is 5.32 Å². The van der Waals surface area contributed by atoms with E-state index >= 15 is 0 Å². The van der Waals surface area contributed by atoms with E-state index in [9.17, 15) is 4.79 Å². The zero-order valence-electron chi connectivity index (χ0n) is 13.6. The maximum Gasteiger partial charge on any atom is 0.228 e. The lowest BCUT2D eigenvalue weighted by atomic mass is 10.0. The number of fused-ring (bicyclic) bond motifs is 1. The van der Waals surface area contributed by atoms with Gasteiger partial charge in [-0.05, 0) is 29.3 Å². The summed E-state index contributed by atoms with van der Waals surface area (Å²) < 4.78 is 0. The second kappa shape index (κ2) is 6.61. The van der Waals surface area contributed by atoms with Crippen molar-refractivity contribution in [3.63, 3.8) is 0 Å². The summed E-state index contributed by atoms with van der Waals surface area (Å²) in [5.74, 6) is -0.0396. The van der Waals surface area contributed by atoms with Crippen LogP contribution in [0.3, 0.4) is 0 Å². The molecule has 0 aliphatic carbocycles. The number of aromatic amines is 1. The Morgan fingerprint density at radius 3 is 2.64 bits per heavy atom. The number of anilines is 1. The van der Waals surface area contributed by atoms with Gasteiger partial charge >= 0.3 is 0 Å². The lowest BCUT2D eigenvalue weighted by Crippen LogP contribution is -2.15. The van der Waals surface area contributed by atoms with E-state index in [0.29, 0.717) is 6.42 Å². The number of aromatic nitrogens is 2. The Bertz CT molecular complexity index is 1020. The van der Waals surface area contributed by atoms with Crippen molar-refractivity contribution in [2.24, 2.45) is 0 Å². The Labute approximate surface area is 145 Å². The Morgan fingerprint density at radius 2 is 1.76 bits per heavy atom. The molecule has 1 heterocycles. The molecular weight excluding hydrogens is 310 g/mol. The number of imidazole rings is 1. The minimum Gasteiger partial charge on any atom is -0.345 e. The molecule has 4 aromatic rings. The molecule has 0 fully saturated rings. The van der Waals surface area contributed by atoms with E-state index in [1.54, 1.807) is 6.33 Å². The molecule has 3 aromatic carbocycles. The van der Waals surface area contributed by atoms with E-state index < -0.39 is 0 Å². The predicted molar refractivity (Wildman–Crippen MR) is 100 cm³/mol. The summed E-state index contributed by atoms with van der Waals surface area (Å²) in [5, 5.41) is 3.03. The third-order valence-electron chi connectivity index (χ3n) is 4.14. The third kappa shape index (κ3) is 3.28. The zero-order valence-corrected chi connectivity index (χ0v) is 13.6. The Kier molecular flexibility index (Phi) is 4.01. The largest absolute Gasteiger partial charge is 0.345 e. The highest BCUT2D eigenvalue weighted by molar-refractivity contribution is 5.96. The summed E-state index contributed by atoms with van der Waals surface area (Å²) in [4.78, 5) is 19.8. The average molecular weight is 327 g/mol. The first-order valence-corrected chi connectivity index (χ1v) is 8.16. The molecular formula is C21H17N3O. The number of H-pyrrole nitrogens is 1. The SMILES string of the molecule is O=C(Cc1ccc2nc[nH]c2c1)Nc1ccccc1-c1ccccc1. The quantitative estimate of drug-likeness (QED) is 0.583. The number of rotatable bonds is 4. The van der Waals surface area contributed by atoms with Crippen LogP contribution >= 0.6 is 0 Å². The smallest absolute Gasteiger partial charge is 0.228 e. The molecule has 122 valence electrons. The molecule has 0 radical (unpaired) electrons. The Balaban J connectivity index is 1.55. The van der Waals surface area contributed by atoms with Crippen LogP contribution in [-0.2, 0) is 11.2 Å². The van der Waals surface area contributed by atoms with Gasteiger partial charge in [0.05, 0.1) is 23.8 Å². The summed E-state index contributed by atoms with van der Waals surface area (Å²) >= 11 is 0. The van der Waals surface area contributed by atoms with Crippen molar-refractivity contribution in [1.29, 1.82) is 0 Å². The van der Waals surface area contributed by atoms with Gasteiger partial charge in [-0.2, -0.15) is 0 Å². The van der Waals surface area contributed by atoms with Gasteiger partial charge in [0.2, 0.25) is 5.91 Å². The fourth-order valence-electron chi connectivity index (χ4n) is 2.93. The number of hydrogen-bond acceptors (Lipinski definition) is 2. The van der Waals surface area contributed by atoms with Gasteiger partial charge in [-0.1, -0.05) is 54.6 Å². The number of para-hydroxylation sites is 1. The van der Waals surface area contributed by atoms with E-state index in [-0.39, 0.29) is 5.91 Å². The summed E-state index contributed by atoms with van der Waals surface area (Å²) in [5.41, 5.74) is 5.71. The molecule has 0 spiro atoms. The molecule has 2 N–H and O–H groups in total. The number of carbonyl (C=O) groups is 1. The number of amides is 1. The van der Waals surface area contributed by atoms with Crippen molar-refractivity contribution in [2.45, 2.75) is 6.42 Å². The summed E-state index contributed by atoms with van der Waals surface area (Å²) in [6.07, 6.45) is 1.97. The highest BCUT2D eigenvalue weighted by Gasteiger charge is 2.09. The van der Waals surface area contributed by atoms with Crippen molar-refractivity contribution in [3.8, 4) is 11.1 Å². The predicted octanol–water partition coefficient (Wildman–Crippen LogP) is 4.41. The topological polar surface area (TPSA) is 57.8 Å². The molecule has 4 heteroatoms. The molecule has 0 atom stereocenters. The lowest BCUT2D eigenvalue weighted by Gasteiger charge is -2.11. The Morgan fingerprint density at radius 1 is 0.960 bits per heavy atom. The molecule has 0 aliphatic heterocycles. The van der Waals surface area contributed by atoms with E-state index in [0.717, 1.165) is 33.4 Å². The molecule has 0 saturated heterocycles. The monoisotopic (exact) mass is 327 g/mol. The van der Waals surface area contributed by atoms with Crippen LogP contribution in [0.4, 0.5) is 5.69 Å². The standard InChI is InChI=1S/C21H17N3O/c25-21(13-15-10-11-19-20(12-15)23-14-22-19)24-18-9-5-4-8-17(18)16-6-2-1-3-7-16/h1-12,14H,13H2,(H,22,23)(H,24,25). The maximum absolute atomic E-state index is 12.5. The van der Waals surface area contributed by atoms with Crippen molar-refractivity contribution in [2.75, 3.05) is 5.32 Å². The molecule has 25 heavy (non-hydrogen) atoms. The van der Waals surface area contributed by atoms with E-state index in [1.807, 2.05) is 72.8 Å². The third-order valence-corrected chi connectivity index (χ3v) is 4.14. The van der Waals surface area contributed by atoms with Crippen LogP contribution in [0.1, 0.15) is 5.56 Å². The van der Waals surface area contributed by atoms with Gasteiger partial charge in [-0.15, -0.1) is 0 Å². The van der Waals surface area contributed by atoms with E-state index in [1.165, 1.54) is 0 Å². The second-order valence-corrected chi connectivity index (χ2v) is 5.89. The molecule has 4 nitrogen and oxygen atoms in total. The van der Waals surface area contributed by atoms with Gasteiger partial charge in [0.15, 0.2) is 0 Å². The normalized spacial score (nSPS) is 10.7. The maximum atomic E-state index is 12.5. The summed E-state index contributed by atoms with van der Waals surface area (Å²) in [6, 6.07) is 23.7. The summed E-state index contributed by atoms with van der Waals surface area (Å²) in [6.45, 7) is 0.